The van der Waals surface area contributed by atoms with Crippen LogP contribution < -0.4 is 0 Å². The minimum atomic E-state index is -2.70. The number of aromatic hydroxyl groups is 2. The Hall–Kier alpha value is -1.86. The number of hydrogen-bond acceptors (Lipinski definition) is 5. The summed E-state index contributed by atoms with van der Waals surface area (Å²) in [6.45, 7) is 14.1. The molecule has 6 heteroatoms. The first kappa shape index (κ1) is 28.4. The number of phenolic OH excluding ortho intramolecular Hbond substituents is 2. The Morgan fingerprint density at radius 3 is 1.56 bits per heavy atom. The number of benzene rings is 2. The lowest BCUT2D eigenvalue weighted by atomic mass is 9.76. The van der Waals surface area contributed by atoms with Crippen LogP contribution in [-0.4, -0.2) is 38.8 Å². The van der Waals surface area contributed by atoms with Crippen LogP contribution in [0.5, 0.6) is 11.5 Å². The highest BCUT2D eigenvalue weighted by Gasteiger charge is 2.39. The standard InChI is InChI=1S/C28H44O5Si/c1-7-11-13-22-20-24(15-17-26(22)29)28(5,6)25-16-18-27(30)23(21-25)14-12-19-34(31-8-2,32-9-3)33-10-4/h15-18,20-21,29-30H,7-14,19H2,1-6H3. The fraction of sp³-hybridized carbons (Fsp3) is 0.571. The van der Waals surface area contributed by atoms with Crippen LogP contribution in [-0.2, 0) is 31.5 Å². The first-order chi connectivity index (χ1) is 16.2. The van der Waals surface area contributed by atoms with E-state index in [1.165, 1.54) is 0 Å². The van der Waals surface area contributed by atoms with E-state index in [2.05, 4.69) is 32.9 Å². The number of hydrogen-bond donors (Lipinski definition) is 2. The topological polar surface area (TPSA) is 68.2 Å². The highest BCUT2D eigenvalue weighted by atomic mass is 28.4. The molecule has 0 radical (unpaired) electrons. The molecular formula is C28H44O5Si. The lowest BCUT2D eigenvalue weighted by Gasteiger charge is -2.29. The van der Waals surface area contributed by atoms with Gasteiger partial charge in [0.15, 0.2) is 0 Å². The lowest BCUT2D eigenvalue weighted by Crippen LogP contribution is -2.46. The summed E-state index contributed by atoms with van der Waals surface area (Å²) in [4.78, 5) is 0. The van der Waals surface area contributed by atoms with Gasteiger partial charge in [0.2, 0.25) is 0 Å². The molecule has 0 heterocycles. The van der Waals surface area contributed by atoms with Crippen LogP contribution in [0.15, 0.2) is 36.4 Å². The Morgan fingerprint density at radius 1 is 0.706 bits per heavy atom. The second-order valence-corrected chi connectivity index (χ2v) is 12.0. The summed E-state index contributed by atoms with van der Waals surface area (Å²) in [6.07, 6.45) is 4.54. The van der Waals surface area contributed by atoms with Crippen molar-refractivity contribution in [2.75, 3.05) is 19.8 Å². The maximum atomic E-state index is 10.6. The second kappa shape index (κ2) is 13.3. The Bertz CT molecular complexity index is 879. The molecule has 2 N–H and O–H groups in total. The summed E-state index contributed by atoms with van der Waals surface area (Å²) in [5, 5.41) is 20.9. The van der Waals surface area contributed by atoms with Crippen molar-refractivity contribution >= 4 is 8.80 Å². The largest absolute Gasteiger partial charge is 0.508 e. The third-order valence-electron chi connectivity index (χ3n) is 6.42. The first-order valence-corrected chi connectivity index (χ1v) is 14.7. The molecule has 5 nitrogen and oxygen atoms in total. The number of unbranched alkanes of at least 4 members (excludes halogenated alkanes) is 1. The van der Waals surface area contributed by atoms with Crippen molar-refractivity contribution in [1.82, 2.24) is 0 Å². The van der Waals surface area contributed by atoms with Gasteiger partial charge in [0, 0.05) is 31.3 Å². The Morgan fingerprint density at radius 2 is 1.15 bits per heavy atom. The van der Waals surface area contributed by atoms with Crippen LogP contribution in [0.4, 0.5) is 0 Å². The van der Waals surface area contributed by atoms with Gasteiger partial charge in [0.25, 0.3) is 0 Å². The van der Waals surface area contributed by atoms with Crippen molar-refractivity contribution in [2.45, 2.75) is 85.1 Å². The van der Waals surface area contributed by atoms with E-state index in [9.17, 15) is 10.2 Å². The van der Waals surface area contributed by atoms with E-state index in [0.717, 1.165) is 54.4 Å². The zero-order valence-corrected chi connectivity index (χ0v) is 22.9. The van der Waals surface area contributed by atoms with Crippen molar-refractivity contribution in [1.29, 1.82) is 0 Å². The molecule has 0 aliphatic heterocycles. The average molecular weight is 489 g/mol. The van der Waals surface area contributed by atoms with E-state index in [-0.39, 0.29) is 5.41 Å². The molecule has 2 aromatic carbocycles. The van der Waals surface area contributed by atoms with E-state index in [1.54, 1.807) is 6.07 Å². The maximum absolute atomic E-state index is 10.6. The van der Waals surface area contributed by atoms with Crippen molar-refractivity contribution in [3.05, 3.63) is 58.7 Å². The molecule has 0 spiro atoms. The van der Waals surface area contributed by atoms with Gasteiger partial charge in [-0.2, -0.15) is 0 Å². The third-order valence-corrected chi connectivity index (χ3v) is 9.58. The van der Waals surface area contributed by atoms with Crippen LogP contribution in [0.2, 0.25) is 6.04 Å². The molecule has 2 aromatic rings. The summed E-state index contributed by atoms with van der Waals surface area (Å²) >= 11 is 0. The number of rotatable bonds is 15. The molecule has 0 saturated carbocycles. The summed E-state index contributed by atoms with van der Waals surface area (Å²) in [6, 6.07) is 12.6. The molecule has 34 heavy (non-hydrogen) atoms. The van der Waals surface area contributed by atoms with Gasteiger partial charge in [-0.3, -0.25) is 0 Å². The summed E-state index contributed by atoms with van der Waals surface area (Å²) in [7, 11) is -2.70. The molecule has 190 valence electrons. The smallest absolute Gasteiger partial charge is 0.500 e. The van der Waals surface area contributed by atoms with E-state index in [1.807, 2.05) is 39.0 Å². The molecule has 0 aliphatic carbocycles. The summed E-state index contributed by atoms with van der Waals surface area (Å²) in [5.41, 5.74) is 3.94. The SMILES string of the molecule is CCCCc1cc(C(C)(C)c2ccc(O)c(CCC[Si](OCC)(OCC)OCC)c2)ccc1O. The second-order valence-electron chi connectivity index (χ2n) is 9.25. The van der Waals surface area contributed by atoms with E-state index < -0.39 is 8.80 Å². The highest BCUT2D eigenvalue weighted by Crippen LogP contribution is 2.36. The molecule has 0 aliphatic rings. The average Bonchev–Trinajstić information content (AvgIpc) is 2.80. The highest BCUT2D eigenvalue weighted by molar-refractivity contribution is 6.60. The summed E-state index contributed by atoms with van der Waals surface area (Å²) < 4.78 is 17.9. The van der Waals surface area contributed by atoms with E-state index in [4.69, 9.17) is 13.3 Å². The predicted molar refractivity (Wildman–Crippen MR) is 141 cm³/mol. The van der Waals surface area contributed by atoms with Gasteiger partial charge >= 0.3 is 8.80 Å². The summed E-state index contributed by atoms with van der Waals surface area (Å²) in [5.74, 6) is 0.676. The Labute approximate surface area is 207 Å². The first-order valence-electron chi connectivity index (χ1n) is 12.8. The molecule has 0 unspecified atom stereocenters. The number of aryl methyl sites for hydroxylation is 2. The quantitative estimate of drug-likeness (QED) is 0.272. The fourth-order valence-corrected chi connectivity index (χ4v) is 6.99. The van der Waals surface area contributed by atoms with E-state index >= 15 is 0 Å². The molecular weight excluding hydrogens is 444 g/mol. The van der Waals surface area contributed by atoms with Crippen molar-refractivity contribution in [3.63, 3.8) is 0 Å². The molecule has 0 atom stereocenters. The Balaban J connectivity index is 2.23. The van der Waals surface area contributed by atoms with E-state index in [0.29, 0.717) is 37.4 Å². The zero-order chi connectivity index (χ0) is 25.2. The van der Waals surface area contributed by atoms with Gasteiger partial charge in [0.05, 0.1) is 0 Å². The zero-order valence-electron chi connectivity index (χ0n) is 21.9. The normalized spacial score (nSPS) is 12.3. The minimum absolute atomic E-state index is 0.266. The van der Waals surface area contributed by atoms with Crippen molar-refractivity contribution < 1.29 is 23.5 Å². The molecule has 2 rings (SSSR count). The van der Waals surface area contributed by atoms with Gasteiger partial charge in [-0.05, 0) is 80.8 Å². The van der Waals surface area contributed by atoms with Gasteiger partial charge in [-0.1, -0.05) is 51.5 Å². The van der Waals surface area contributed by atoms with Crippen LogP contribution in [0, 0.1) is 0 Å². The van der Waals surface area contributed by atoms with Gasteiger partial charge in [-0.25, -0.2) is 0 Å². The fourth-order valence-electron chi connectivity index (χ4n) is 4.38. The molecule has 0 saturated heterocycles. The molecule has 0 fully saturated rings. The van der Waals surface area contributed by atoms with Crippen LogP contribution in [0.3, 0.4) is 0 Å². The lowest BCUT2D eigenvalue weighted by molar-refractivity contribution is 0.0708. The maximum Gasteiger partial charge on any atom is 0.500 e. The molecule has 0 aromatic heterocycles. The van der Waals surface area contributed by atoms with Crippen LogP contribution in [0.25, 0.3) is 0 Å². The monoisotopic (exact) mass is 488 g/mol. The minimum Gasteiger partial charge on any atom is -0.508 e. The van der Waals surface area contributed by atoms with Gasteiger partial charge in [-0.15, -0.1) is 0 Å². The van der Waals surface area contributed by atoms with Gasteiger partial charge < -0.3 is 23.5 Å². The third kappa shape index (κ3) is 7.32. The van der Waals surface area contributed by atoms with Crippen molar-refractivity contribution in [3.8, 4) is 11.5 Å². The Kier molecular flexibility index (Phi) is 11.1. The van der Waals surface area contributed by atoms with Crippen molar-refractivity contribution in [2.24, 2.45) is 0 Å². The molecule has 0 amide bonds. The molecule has 0 bridgehead atoms. The van der Waals surface area contributed by atoms with Crippen LogP contribution >= 0.6 is 0 Å². The predicted octanol–water partition coefficient (Wildman–Crippen LogP) is 6.75. The van der Waals surface area contributed by atoms with Gasteiger partial charge in [0.1, 0.15) is 11.5 Å². The van der Waals surface area contributed by atoms with Crippen LogP contribution in [0.1, 0.15) is 83.1 Å². The number of phenols is 2.